The summed E-state index contributed by atoms with van der Waals surface area (Å²) in [5, 5.41) is 30.8. The van der Waals surface area contributed by atoms with Gasteiger partial charge in [0, 0.05) is 32.7 Å². The molecular weight excluding hydrogens is 308 g/mol. The molecule has 0 saturated heterocycles. The summed E-state index contributed by atoms with van der Waals surface area (Å²) < 4.78 is 10.8. The van der Waals surface area contributed by atoms with Gasteiger partial charge in [0.1, 0.15) is 5.44 Å². The molecule has 0 radical (unpaired) electrons. The van der Waals surface area contributed by atoms with Gasteiger partial charge in [-0.3, -0.25) is 4.90 Å². The largest absolute Gasteiger partial charge is 0.392 e. The molecule has 4 N–H and O–H groups in total. The minimum atomic E-state index is -0.726. The molecule has 0 fully saturated rings. The first-order valence-electron chi connectivity index (χ1n) is 7.72. The number of hydrogen-bond donors (Lipinski definition) is 5. The highest BCUT2D eigenvalue weighted by molar-refractivity contribution is 7.80. The maximum absolute atomic E-state index is 9.38. The normalized spacial score (nSPS) is 16.0. The summed E-state index contributed by atoms with van der Waals surface area (Å²) in [7, 11) is 0. The summed E-state index contributed by atoms with van der Waals surface area (Å²) in [6.45, 7) is 8.31. The van der Waals surface area contributed by atoms with E-state index in [4.69, 9.17) is 14.6 Å². The van der Waals surface area contributed by atoms with Gasteiger partial charge in [0.2, 0.25) is 0 Å². The van der Waals surface area contributed by atoms with E-state index in [2.05, 4.69) is 17.9 Å². The minimum absolute atomic E-state index is 0.344. The van der Waals surface area contributed by atoms with E-state index in [1.165, 1.54) is 0 Å². The van der Waals surface area contributed by atoms with Gasteiger partial charge in [0.25, 0.3) is 0 Å². The first-order valence-corrected chi connectivity index (χ1v) is 8.24. The van der Waals surface area contributed by atoms with E-state index in [1.54, 1.807) is 13.8 Å². The predicted octanol–water partition coefficient (Wildman–Crippen LogP) is -1.08. The van der Waals surface area contributed by atoms with E-state index in [9.17, 15) is 10.2 Å². The number of aliphatic hydroxyl groups is 3. The molecule has 3 unspecified atom stereocenters. The molecule has 7 nitrogen and oxygen atoms in total. The maximum Gasteiger partial charge on any atom is 0.109 e. The van der Waals surface area contributed by atoms with Gasteiger partial charge in [-0.2, -0.15) is 0 Å². The molecule has 0 saturated carbocycles. The van der Waals surface area contributed by atoms with E-state index in [-0.39, 0.29) is 6.10 Å². The molecule has 8 heteroatoms. The van der Waals surface area contributed by atoms with E-state index >= 15 is 0 Å². The lowest BCUT2D eigenvalue weighted by molar-refractivity contribution is 0.0294. The summed E-state index contributed by atoms with van der Waals surface area (Å²) in [4.78, 5) is 1.91. The van der Waals surface area contributed by atoms with Crippen LogP contribution in [0.5, 0.6) is 0 Å². The predicted molar refractivity (Wildman–Crippen MR) is 89.3 cm³/mol. The zero-order chi connectivity index (χ0) is 16.8. The minimum Gasteiger partial charge on any atom is -0.392 e. The third-order valence-electron chi connectivity index (χ3n) is 2.73. The number of rotatable bonds is 15. The quantitative estimate of drug-likeness (QED) is 0.147. The molecule has 0 heterocycles. The molecule has 22 heavy (non-hydrogen) atoms. The SMILES string of the molecule is CC(O)CNCCOCCOCCN(CC(C)O)CC(O)S. The Bertz CT molecular complexity index is 235. The average molecular weight is 340 g/mol. The molecule has 134 valence electrons. The van der Waals surface area contributed by atoms with E-state index < -0.39 is 11.5 Å². The van der Waals surface area contributed by atoms with Gasteiger partial charge in [-0.1, -0.05) is 0 Å². The van der Waals surface area contributed by atoms with Crippen LogP contribution in [0.3, 0.4) is 0 Å². The van der Waals surface area contributed by atoms with E-state index in [0.29, 0.717) is 59.2 Å². The highest BCUT2D eigenvalue weighted by Gasteiger charge is 2.11. The zero-order valence-corrected chi connectivity index (χ0v) is 14.5. The molecule has 0 bridgehead atoms. The summed E-state index contributed by atoms with van der Waals surface area (Å²) >= 11 is 3.94. The van der Waals surface area contributed by atoms with Crippen molar-refractivity contribution >= 4 is 12.6 Å². The molecule has 0 aromatic rings. The summed E-state index contributed by atoms with van der Waals surface area (Å²) in [5.74, 6) is 0. The van der Waals surface area contributed by atoms with Gasteiger partial charge in [0.05, 0.1) is 38.6 Å². The van der Waals surface area contributed by atoms with Crippen molar-refractivity contribution in [3.63, 3.8) is 0 Å². The third kappa shape index (κ3) is 16.4. The molecule has 0 rings (SSSR count). The Morgan fingerprint density at radius 3 is 2.14 bits per heavy atom. The molecule has 0 amide bonds. The molecule has 3 atom stereocenters. The van der Waals surface area contributed by atoms with Crippen molar-refractivity contribution in [2.45, 2.75) is 31.5 Å². The first kappa shape index (κ1) is 22.1. The lowest BCUT2D eigenvalue weighted by Crippen LogP contribution is -2.38. The molecule has 0 aromatic carbocycles. The van der Waals surface area contributed by atoms with Crippen molar-refractivity contribution < 1.29 is 24.8 Å². The zero-order valence-electron chi connectivity index (χ0n) is 13.6. The number of nitrogens with one attached hydrogen (secondary N) is 1. The van der Waals surface area contributed by atoms with Gasteiger partial charge in [-0.25, -0.2) is 0 Å². The molecule has 0 spiro atoms. The lowest BCUT2D eigenvalue weighted by Gasteiger charge is -2.24. The average Bonchev–Trinajstić information content (AvgIpc) is 2.39. The van der Waals surface area contributed by atoms with Crippen molar-refractivity contribution in [1.29, 1.82) is 0 Å². The Morgan fingerprint density at radius 2 is 1.59 bits per heavy atom. The van der Waals surface area contributed by atoms with Crippen LogP contribution in [0, 0.1) is 0 Å². The van der Waals surface area contributed by atoms with E-state index in [1.807, 2.05) is 4.90 Å². The fourth-order valence-corrected chi connectivity index (χ4v) is 2.06. The smallest absolute Gasteiger partial charge is 0.109 e. The van der Waals surface area contributed by atoms with Crippen LogP contribution >= 0.6 is 12.6 Å². The molecule has 0 aliphatic carbocycles. The Labute approximate surface area is 139 Å². The van der Waals surface area contributed by atoms with Gasteiger partial charge >= 0.3 is 0 Å². The van der Waals surface area contributed by atoms with Crippen molar-refractivity contribution in [2.75, 3.05) is 59.2 Å². The summed E-state index contributed by atoms with van der Waals surface area (Å²) in [6, 6.07) is 0. The topological polar surface area (TPSA) is 94.4 Å². The van der Waals surface area contributed by atoms with Crippen molar-refractivity contribution in [1.82, 2.24) is 10.2 Å². The Kier molecular flexibility index (Phi) is 14.7. The van der Waals surface area contributed by atoms with Crippen molar-refractivity contribution in [3.05, 3.63) is 0 Å². The van der Waals surface area contributed by atoms with Crippen LogP contribution in [0.2, 0.25) is 0 Å². The number of aliphatic hydroxyl groups excluding tert-OH is 3. The van der Waals surface area contributed by atoms with Gasteiger partial charge < -0.3 is 30.1 Å². The third-order valence-corrected chi connectivity index (χ3v) is 2.89. The second-order valence-electron chi connectivity index (χ2n) is 5.37. The maximum atomic E-state index is 9.38. The van der Waals surface area contributed by atoms with Gasteiger partial charge in [-0.05, 0) is 13.8 Å². The molecular formula is C14H32N2O5S. The van der Waals surface area contributed by atoms with Crippen LogP contribution in [-0.2, 0) is 9.47 Å². The molecule has 0 aliphatic heterocycles. The monoisotopic (exact) mass is 340 g/mol. The van der Waals surface area contributed by atoms with Crippen LogP contribution in [0.4, 0.5) is 0 Å². The van der Waals surface area contributed by atoms with Crippen LogP contribution in [-0.4, -0.2) is 97.0 Å². The van der Waals surface area contributed by atoms with Gasteiger partial charge in [0.15, 0.2) is 0 Å². The molecule has 0 aromatic heterocycles. The standard InChI is InChI=1S/C14H32N2O5S/c1-12(17)9-15-3-5-20-7-8-21-6-4-16(10-13(2)18)11-14(19)22/h12-15,17-19,22H,3-11H2,1-2H3. The van der Waals surface area contributed by atoms with Crippen molar-refractivity contribution in [2.24, 2.45) is 0 Å². The number of ether oxygens (including phenoxy) is 2. The summed E-state index contributed by atoms with van der Waals surface area (Å²) in [5.41, 5.74) is -0.726. The first-order chi connectivity index (χ1) is 10.4. The van der Waals surface area contributed by atoms with Crippen LogP contribution in [0.1, 0.15) is 13.8 Å². The molecule has 0 aliphatic rings. The number of thiol groups is 1. The lowest BCUT2D eigenvalue weighted by atomic mass is 10.3. The number of nitrogens with zero attached hydrogens (tertiary/aromatic N) is 1. The fourth-order valence-electron chi connectivity index (χ4n) is 1.83. The highest BCUT2D eigenvalue weighted by Crippen LogP contribution is 1.98. The number of hydrogen-bond acceptors (Lipinski definition) is 8. The Balaban J connectivity index is 3.45. The Morgan fingerprint density at radius 1 is 0.955 bits per heavy atom. The fraction of sp³-hybridized carbons (Fsp3) is 1.00. The summed E-state index contributed by atoms with van der Waals surface area (Å²) in [6.07, 6.45) is -0.798. The van der Waals surface area contributed by atoms with Crippen LogP contribution in [0.15, 0.2) is 0 Å². The van der Waals surface area contributed by atoms with Gasteiger partial charge in [-0.15, -0.1) is 12.6 Å². The Hall–Kier alpha value is 0.0700. The second kappa shape index (κ2) is 14.6. The van der Waals surface area contributed by atoms with E-state index in [0.717, 1.165) is 0 Å². The van der Waals surface area contributed by atoms with Crippen LogP contribution in [0.25, 0.3) is 0 Å². The highest BCUT2D eigenvalue weighted by atomic mass is 32.1. The van der Waals surface area contributed by atoms with Crippen molar-refractivity contribution in [3.8, 4) is 0 Å². The van der Waals surface area contributed by atoms with Crippen LogP contribution < -0.4 is 5.32 Å². The second-order valence-corrected chi connectivity index (χ2v) is 5.96.